The van der Waals surface area contributed by atoms with E-state index in [1.54, 1.807) is 0 Å². The predicted octanol–water partition coefficient (Wildman–Crippen LogP) is -13.6. The SMILES string of the molecule is CC(=O)N[C@H]1[C@H](O[C@H]2[C@@H](O)[C@@H](CO)O[C@@H](O[C@H]3[C@H](O)[C@@H](O)[C@H](O)O[C@@H]3CO)[C@@H]2O)O[C@H](CO)[C@@H](O[C@@H]2O[C@@H](C)[C@@H](O)[C@@H](O)[C@@H]2O)[C@@H]1O[C@@H]1O[C@H](CO)[C@H](O)[C@H](O[C@]2(C(=O)O)C[C@H](O)[C@@H](NC(C)=O)[C@H]([C@H](O)[C@H](O)CO)O2)[C@H]1O. The Kier molecular flexibility index (Phi) is 22.4. The summed E-state index contributed by atoms with van der Waals surface area (Å²) in [7, 11) is 0. The van der Waals surface area contributed by atoms with Crippen LogP contribution in [0, 0.1) is 0 Å². The third-order valence-corrected chi connectivity index (χ3v) is 14.2. The molecule has 0 aromatic heterocycles. The number of carbonyl (C=O) groups is 3. The predicted molar refractivity (Wildman–Crippen MR) is 238 cm³/mol. The van der Waals surface area contributed by atoms with Crippen molar-refractivity contribution < 1.29 is 164 Å². The van der Waals surface area contributed by atoms with Crippen LogP contribution in [0.4, 0.5) is 0 Å². The van der Waals surface area contributed by atoms with Crippen LogP contribution >= 0.6 is 0 Å². The Hall–Kier alpha value is -2.75. The maximum absolute atomic E-state index is 13.2. The third-order valence-electron chi connectivity index (χ3n) is 14.2. The Morgan fingerprint density at radius 2 is 1.00 bits per heavy atom. The molecule has 21 N–H and O–H groups in total. The molecule has 35 nitrogen and oxygen atoms in total. The van der Waals surface area contributed by atoms with Crippen LogP contribution in [0.25, 0.3) is 0 Å². The van der Waals surface area contributed by atoms with Crippen LogP contribution in [0.3, 0.4) is 0 Å². The van der Waals surface area contributed by atoms with E-state index in [0.29, 0.717) is 0 Å². The van der Waals surface area contributed by atoms with Gasteiger partial charge in [0.2, 0.25) is 11.8 Å². The first kappa shape index (κ1) is 64.4. The van der Waals surface area contributed by atoms with Crippen LogP contribution in [-0.2, 0) is 66.5 Å². The minimum Gasteiger partial charge on any atom is -0.477 e. The zero-order chi connectivity index (χ0) is 58.0. The molecule has 0 unspecified atom stereocenters. The summed E-state index contributed by atoms with van der Waals surface area (Å²) in [5, 5.41) is 209. The smallest absolute Gasteiger partial charge is 0.364 e. The molecule has 0 aliphatic carbocycles. The van der Waals surface area contributed by atoms with E-state index in [9.17, 15) is 111 Å². The van der Waals surface area contributed by atoms with Crippen LogP contribution in [-0.4, -0.2) is 338 Å². The summed E-state index contributed by atoms with van der Waals surface area (Å²) in [6, 6.07) is -3.70. The minimum absolute atomic E-state index is 0.848. The summed E-state index contributed by atoms with van der Waals surface area (Å²) < 4.78 is 63.7. The molecule has 452 valence electrons. The molecule has 6 aliphatic rings. The Labute approximate surface area is 441 Å². The molecule has 35 heteroatoms. The van der Waals surface area contributed by atoms with E-state index in [1.807, 2.05) is 0 Å². The average Bonchev–Trinajstić information content (AvgIpc) is 3.40. The molecular weight excluding hydrogens is 1070 g/mol. The van der Waals surface area contributed by atoms with Crippen LogP contribution in [0.2, 0.25) is 0 Å². The number of carbonyl (C=O) groups excluding carboxylic acids is 2. The van der Waals surface area contributed by atoms with Crippen molar-refractivity contribution in [2.24, 2.45) is 0 Å². The highest BCUT2D eigenvalue weighted by Gasteiger charge is 2.62. The summed E-state index contributed by atoms with van der Waals surface area (Å²) in [6.45, 7) is -2.37. The van der Waals surface area contributed by atoms with Crippen molar-refractivity contribution in [3.8, 4) is 0 Å². The summed E-state index contributed by atoms with van der Waals surface area (Å²) in [5.74, 6) is -7.22. The topological polar surface area (TPSA) is 561 Å². The van der Waals surface area contributed by atoms with Gasteiger partial charge in [-0.2, -0.15) is 0 Å². The largest absolute Gasteiger partial charge is 0.477 e. The molecule has 6 fully saturated rings. The van der Waals surface area contributed by atoms with E-state index in [2.05, 4.69) is 10.6 Å². The van der Waals surface area contributed by atoms with Gasteiger partial charge in [-0.3, -0.25) is 9.59 Å². The van der Waals surface area contributed by atoms with E-state index >= 15 is 0 Å². The molecule has 0 aromatic rings. The van der Waals surface area contributed by atoms with Crippen molar-refractivity contribution >= 4 is 17.8 Å². The molecule has 0 bridgehead atoms. The second kappa shape index (κ2) is 27.1. The number of carboxylic acids is 1. The van der Waals surface area contributed by atoms with Crippen molar-refractivity contribution in [1.29, 1.82) is 0 Å². The normalized spacial score (nSPS) is 48.1. The first-order valence-corrected chi connectivity index (χ1v) is 24.6. The van der Waals surface area contributed by atoms with Crippen LogP contribution in [0.1, 0.15) is 27.2 Å². The van der Waals surface area contributed by atoms with Gasteiger partial charge < -0.3 is 160 Å². The number of hydrogen-bond donors (Lipinski definition) is 21. The second-order valence-corrected chi connectivity index (χ2v) is 19.6. The third kappa shape index (κ3) is 13.5. The van der Waals surface area contributed by atoms with Gasteiger partial charge in [0, 0.05) is 20.3 Å². The highest BCUT2D eigenvalue weighted by Crippen LogP contribution is 2.40. The number of ether oxygens (including phenoxy) is 11. The molecule has 0 radical (unpaired) electrons. The molecule has 31 atom stereocenters. The number of aliphatic carboxylic acids is 1. The van der Waals surface area contributed by atoms with Gasteiger partial charge in [0.05, 0.1) is 51.3 Å². The molecule has 0 aromatic carbocycles. The Morgan fingerprint density at radius 1 is 0.526 bits per heavy atom. The number of nitrogens with one attached hydrogen (secondary N) is 2. The number of carboxylic acid groups (broad SMARTS) is 1. The van der Waals surface area contributed by atoms with Gasteiger partial charge >= 0.3 is 5.97 Å². The molecular formula is C43H72N2O33. The lowest BCUT2D eigenvalue weighted by molar-refractivity contribution is -0.399. The lowest BCUT2D eigenvalue weighted by Crippen LogP contribution is -2.72. The van der Waals surface area contributed by atoms with Gasteiger partial charge in [0.1, 0.15) is 134 Å². The zero-order valence-corrected chi connectivity index (χ0v) is 41.8. The molecule has 6 heterocycles. The molecule has 2 amide bonds. The van der Waals surface area contributed by atoms with Gasteiger partial charge in [-0.05, 0) is 6.92 Å². The van der Waals surface area contributed by atoms with E-state index in [-0.39, 0.29) is 0 Å². The molecule has 6 rings (SSSR count). The van der Waals surface area contributed by atoms with Gasteiger partial charge in [-0.15, -0.1) is 0 Å². The van der Waals surface area contributed by atoms with Crippen molar-refractivity contribution in [1.82, 2.24) is 10.6 Å². The number of amides is 2. The summed E-state index contributed by atoms with van der Waals surface area (Å²) in [6.07, 6.45) is -58.4. The summed E-state index contributed by atoms with van der Waals surface area (Å²) >= 11 is 0. The van der Waals surface area contributed by atoms with Gasteiger partial charge in [0.15, 0.2) is 31.5 Å². The fourth-order valence-corrected chi connectivity index (χ4v) is 9.96. The van der Waals surface area contributed by atoms with E-state index in [4.69, 9.17) is 52.1 Å². The molecule has 6 saturated heterocycles. The van der Waals surface area contributed by atoms with Crippen molar-refractivity contribution in [3.63, 3.8) is 0 Å². The first-order chi connectivity index (χ1) is 36.7. The van der Waals surface area contributed by atoms with Crippen LogP contribution in [0.15, 0.2) is 0 Å². The van der Waals surface area contributed by atoms with Crippen LogP contribution in [0.5, 0.6) is 0 Å². The van der Waals surface area contributed by atoms with Crippen molar-refractivity contribution in [2.45, 2.75) is 217 Å². The summed E-state index contributed by atoms with van der Waals surface area (Å²) in [5.41, 5.74) is 0. The summed E-state index contributed by atoms with van der Waals surface area (Å²) in [4.78, 5) is 38.5. The number of hydrogen-bond acceptors (Lipinski definition) is 32. The van der Waals surface area contributed by atoms with Crippen molar-refractivity contribution in [2.75, 3.05) is 33.0 Å². The molecule has 78 heavy (non-hydrogen) atoms. The highest BCUT2D eigenvalue weighted by molar-refractivity contribution is 5.76. The quantitative estimate of drug-likeness (QED) is 0.0538. The standard InChI is InChI=1S/C43H72N2O33/c1-10-21(55)25(59)28(62)39(68-10)74-32-18(9-50)72-38(76-35-23(57)15(6-47)70-40(29(35)63)73-31-17(8-49)69-37(65)27(61)26(31)60)20(45-12(3)52)34(32)75-41-30(64)36(24(58)16(7-48)71-41)78-43(42(66)67)4-13(53)19(44-11(2)51)33(77-43)22(56)14(54)5-46/h10,13-41,46-50,53-65H,4-9H2,1-3H3,(H,44,51)(H,45,52)(H,66,67)/t10-,13-,14+,15+,16+,17+,18+,19+,20+,21+,22+,23-,24-,25+,26+,27+,28-,29+,30+,31+,32+,33+,34+,35-,36-,37+,38-,39-,40-,41-,43-/m0/s1. The van der Waals surface area contributed by atoms with E-state index < -0.39 is 247 Å². The number of aliphatic hydroxyl groups is 18. The van der Waals surface area contributed by atoms with Gasteiger partial charge in [-0.1, -0.05) is 0 Å². The number of aliphatic hydroxyl groups excluding tert-OH is 18. The van der Waals surface area contributed by atoms with Gasteiger partial charge in [-0.25, -0.2) is 4.79 Å². The lowest BCUT2D eigenvalue weighted by atomic mass is 9.88. The maximum Gasteiger partial charge on any atom is 0.364 e. The number of rotatable bonds is 20. The maximum atomic E-state index is 13.2. The zero-order valence-electron chi connectivity index (χ0n) is 41.8. The molecule has 6 aliphatic heterocycles. The minimum atomic E-state index is -3.27. The van der Waals surface area contributed by atoms with E-state index in [0.717, 1.165) is 13.8 Å². The van der Waals surface area contributed by atoms with E-state index in [1.165, 1.54) is 6.92 Å². The first-order valence-electron chi connectivity index (χ1n) is 24.6. The van der Waals surface area contributed by atoms with Gasteiger partial charge in [0.25, 0.3) is 5.79 Å². The van der Waals surface area contributed by atoms with Crippen molar-refractivity contribution in [3.05, 3.63) is 0 Å². The second-order valence-electron chi connectivity index (χ2n) is 19.6. The molecule has 0 spiro atoms. The monoisotopic (exact) mass is 1140 g/mol. The fraction of sp³-hybridized carbons (Fsp3) is 0.930. The fourth-order valence-electron chi connectivity index (χ4n) is 9.96. The van der Waals surface area contributed by atoms with Crippen LogP contribution < -0.4 is 10.6 Å². The molecule has 0 saturated carbocycles. The Bertz CT molecular complexity index is 1950. The average molecular weight is 1150 g/mol. The lowest BCUT2D eigenvalue weighted by Gasteiger charge is -2.52. The Morgan fingerprint density at radius 3 is 1.54 bits per heavy atom. The Balaban J connectivity index is 1.40. The highest BCUT2D eigenvalue weighted by atomic mass is 16.8.